The summed E-state index contributed by atoms with van der Waals surface area (Å²) in [6.45, 7) is 8.54. The van der Waals surface area contributed by atoms with E-state index in [0.717, 1.165) is 18.9 Å². The second-order valence-electron chi connectivity index (χ2n) is 7.98. The lowest BCUT2D eigenvalue weighted by atomic mass is 9.87. The molecule has 2 fully saturated rings. The van der Waals surface area contributed by atoms with Crippen molar-refractivity contribution in [1.29, 1.82) is 0 Å². The molecule has 6 nitrogen and oxygen atoms in total. The smallest absolute Gasteiger partial charge is 0.410 e. The second kappa shape index (κ2) is 8.58. The zero-order valence-electron chi connectivity index (χ0n) is 15.5. The predicted molar refractivity (Wildman–Crippen MR) is 94.0 cm³/mol. The number of rotatable bonds is 3. The SMILES string of the molecule is CC(C)(C)OC(=O)N1CCN(C(=O)NCCC2CCCCC2)CC1. The molecule has 0 aromatic heterocycles. The molecule has 1 aliphatic heterocycles. The van der Waals surface area contributed by atoms with E-state index in [9.17, 15) is 9.59 Å². The van der Waals surface area contributed by atoms with Gasteiger partial charge < -0.3 is 19.9 Å². The minimum Gasteiger partial charge on any atom is -0.444 e. The fourth-order valence-electron chi connectivity index (χ4n) is 3.39. The Morgan fingerprint density at radius 2 is 1.58 bits per heavy atom. The number of nitrogens with zero attached hydrogens (tertiary/aromatic N) is 2. The van der Waals surface area contributed by atoms with Crippen molar-refractivity contribution in [2.24, 2.45) is 5.92 Å². The lowest BCUT2D eigenvalue weighted by Gasteiger charge is -2.35. The Hall–Kier alpha value is -1.46. The van der Waals surface area contributed by atoms with Crippen molar-refractivity contribution in [3.63, 3.8) is 0 Å². The van der Waals surface area contributed by atoms with Gasteiger partial charge in [0.2, 0.25) is 0 Å². The zero-order valence-corrected chi connectivity index (χ0v) is 15.5. The number of hydrogen-bond donors (Lipinski definition) is 1. The topological polar surface area (TPSA) is 61.9 Å². The molecule has 2 rings (SSSR count). The maximum atomic E-state index is 12.2. The summed E-state index contributed by atoms with van der Waals surface area (Å²) in [5.41, 5.74) is -0.481. The van der Waals surface area contributed by atoms with Gasteiger partial charge in [0.1, 0.15) is 5.60 Å². The number of ether oxygens (including phenoxy) is 1. The molecular formula is C18H33N3O3. The summed E-state index contributed by atoms with van der Waals surface area (Å²) in [5.74, 6) is 0.781. The maximum Gasteiger partial charge on any atom is 0.410 e. The van der Waals surface area contributed by atoms with E-state index in [2.05, 4.69) is 5.32 Å². The zero-order chi connectivity index (χ0) is 17.6. The van der Waals surface area contributed by atoms with E-state index < -0.39 is 5.60 Å². The Kier molecular flexibility index (Phi) is 6.75. The van der Waals surface area contributed by atoms with Crippen LogP contribution >= 0.6 is 0 Å². The highest BCUT2D eigenvalue weighted by Crippen LogP contribution is 2.25. The van der Waals surface area contributed by atoms with Gasteiger partial charge in [-0.25, -0.2) is 9.59 Å². The van der Waals surface area contributed by atoms with Crippen LogP contribution in [0.15, 0.2) is 0 Å². The largest absolute Gasteiger partial charge is 0.444 e. The predicted octanol–water partition coefficient (Wildman–Crippen LogP) is 3.22. The Morgan fingerprint density at radius 3 is 2.17 bits per heavy atom. The first-order valence-corrected chi connectivity index (χ1v) is 9.36. The van der Waals surface area contributed by atoms with Crippen LogP contribution in [-0.2, 0) is 4.74 Å². The van der Waals surface area contributed by atoms with E-state index in [1.165, 1.54) is 32.1 Å². The molecule has 0 aromatic carbocycles. The van der Waals surface area contributed by atoms with Crippen LogP contribution in [-0.4, -0.2) is 60.2 Å². The van der Waals surface area contributed by atoms with Crippen LogP contribution in [0.25, 0.3) is 0 Å². The Labute approximate surface area is 145 Å². The van der Waals surface area contributed by atoms with Gasteiger partial charge in [0.25, 0.3) is 0 Å². The highest BCUT2D eigenvalue weighted by atomic mass is 16.6. The first-order valence-electron chi connectivity index (χ1n) is 9.36. The summed E-state index contributed by atoms with van der Waals surface area (Å²) in [7, 11) is 0. The van der Waals surface area contributed by atoms with Crippen LogP contribution < -0.4 is 5.32 Å². The minimum atomic E-state index is -0.481. The lowest BCUT2D eigenvalue weighted by Crippen LogP contribution is -2.54. The average molecular weight is 339 g/mol. The molecule has 24 heavy (non-hydrogen) atoms. The molecule has 1 heterocycles. The molecule has 0 spiro atoms. The van der Waals surface area contributed by atoms with E-state index in [0.29, 0.717) is 26.2 Å². The van der Waals surface area contributed by atoms with Crippen molar-refractivity contribution >= 4 is 12.1 Å². The average Bonchev–Trinajstić information content (AvgIpc) is 2.54. The number of amides is 3. The van der Waals surface area contributed by atoms with Gasteiger partial charge >= 0.3 is 12.1 Å². The third kappa shape index (κ3) is 6.21. The number of hydrogen-bond acceptors (Lipinski definition) is 3. The third-order valence-electron chi connectivity index (χ3n) is 4.77. The van der Waals surface area contributed by atoms with Gasteiger partial charge in [-0.3, -0.25) is 0 Å². The summed E-state index contributed by atoms with van der Waals surface area (Å²) in [4.78, 5) is 27.7. The second-order valence-corrected chi connectivity index (χ2v) is 7.98. The third-order valence-corrected chi connectivity index (χ3v) is 4.77. The quantitative estimate of drug-likeness (QED) is 0.859. The molecular weight excluding hydrogens is 306 g/mol. The fourth-order valence-corrected chi connectivity index (χ4v) is 3.39. The van der Waals surface area contributed by atoms with Gasteiger partial charge in [0.15, 0.2) is 0 Å². The van der Waals surface area contributed by atoms with Crippen molar-refractivity contribution in [2.75, 3.05) is 32.7 Å². The molecule has 138 valence electrons. The van der Waals surface area contributed by atoms with Crippen LogP contribution in [0.4, 0.5) is 9.59 Å². The number of piperazine rings is 1. The molecule has 0 unspecified atom stereocenters. The summed E-state index contributed by atoms with van der Waals surface area (Å²) in [6, 6.07) is -0.00496. The number of nitrogens with one attached hydrogen (secondary N) is 1. The lowest BCUT2D eigenvalue weighted by molar-refractivity contribution is 0.0170. The maximum absolute atomic E-state index is 12.2. The van der Waals surface area contributed by atoms with E-state index in [-0.39, 0.29) is 12.1 Å². The van der Waals surface area contributed by atoms with E-state index >= 15 is 0 Å². The van der Waals surface area contributed by atoms with E-state index in [4.69, 9.17) is 4.74 Å². The van der Waals surface area contributed by atoms with Crippen molar-refractivity contribution in [3.05, 3.63) is 0 Å². The Morgan fingerprint density at radius 1 is 1.00 bits per heavy atom. The molecule has 6 heteroatoms. The molecule has 0 radical (unpaired) electrons. The highest BCUT2D eigenvalue weighted by molar-refractivity contribution is 5.75. The van der Waals surface area contributed by atoms with Crippen molar-refractivity contribution in [2.45, 2.75) is 64.9 Å². The van der Waals surface area contributed by atoms with Crippen molar-refractivity contribution in [3.8, 4) is 0 Å². The molecule has 0 aromatic rings. The van der Waals surface area contributed by atoms with E-state index in [1.807, 2.05) is 20.8 Å². The van der Waals surface area contributed by atoms with Crippen LogP contribution in [0.2, 0.25) is 0 Å². The Bertz CT molecular complexity index is 420. The van der Waals surface area contributed by atoms with Crippen LogP contribution in [0, 0.1) is 5.92 Å². The molecule has 2 aliphatic rings. The van der Waals surface area contributed by atoms with Gasteiger partial charge in [0.05, 0.1) is 0 Å². The summed E-state index contributed by atoms with van der Waals surface area (Å²) in [6.07, 6.45) is 7.46. The van der Waals surface area contributed by atoms with Crippen LogP contribution in [0.3, 0.4) is 0 Å². The summed E-state index contributed by atoms with van der Waals surface area (Å²) >= 11 is 0. The number of urea groups is 1. The summed E-state index contributed by atoms with van der Waals surface area (Å²) in [5, 5.41) is 3.03. The molecule has 1 aliphatic carbocycles. The first kappa shape index (κ1) is 18.9. The van der Waals surface area contributed by atoms with Crippen molar-refractivity contribution in [1.82, 2.24) is 15.1 Å². The minimum absolute atomic E-state index is 0.00496. The molecule has 1 saturated carbocycles. The van der Waals surface area contributed by atoms with Gasteiger partial charge in [-0.2, -0.15) is 0 Å². The van der Waals surface area contributed by atoms with Gasteiger partial charge in [-0.15, -0.1) is 0 Å². The highest BCUT2D eigenvalue weighted by Gasteiger charge is 2.27. The number of carbonyl (C=O) groups is 2. The molecule has 1 saturated heterocycles. The van der Waals surface area contributed by atoms with Crippen LogP contribution in [0.1, 0.15) is 59.3 Å². The normalized spacial score (nSPS) is 20.0. The first-order chi connectivity index (χ1) is 11.3. The van der Waals surface area contributed by atoms with Gasteiger partial charge in [-0.1, -0.05) is 32.1 Å². The standard InChI is InChI=1S/C18H33N3O3/c1-18(2,3)24-17(23)21-13-11-20(12-14-21)16(22)19-10-9-15-7-5-4-6-8-15/h15H,4-14H2,1-3H3,(H,19,22). The molecule has 0 bridgehead atoms. The fraction of sp³-hybridized carbons (Fsp3) is 0.889. The Balaban J connectivity index is 1.64. The van der Waals surface area contributed by atoms with E-state index in [1.54, 1.807) is 9.80 Å². The van der Waals surface area contributed by atoms with Gasteiger partial charge in [-0.05, 0) is 33.1 Å². The van der Waals surface area contributed by atoms with Crippen molar-refractivity contribution < 1.29 is 14.3 Å². The van der Waals surface area contributed by atoms with Crippen LogP contribution in [0.5, 0.6) is 0 Å². The number of carbonyl (C=O) groups excluding carboxylic acids is 2. The monoisotopic (exact) mass is 339 g/mol. The van der Waals surface area contributed by atoms with Gasteiger partial charge in [0, 0.05) is 32.7 Å². The molecule has 3 amide bonds. The molecule has 0 atom stereocenters. The molecule has 1 N–H and O–H groups in total. The summed E-state index contributed by atoms with van der Waals surface area (Å²) < 4.78 is 5.37.